The number of rotatable bonds is 3. The van der Waals surface area contributed by atoms with E-state index in [1.165, 1.54) is 18.4 Å². The zero-order valence-corrected chi connectivity index (χ0v) is 10.2. The maximum Gasteiger partial charge on any atom is 0.0548 e. The molecule has 1 atom stereocenters. The molecule has 0 bridgehead atoms. The summed E-state index contributed by atoms with van der Waals surface area (Å²) < 4.78 is 0.933. The smallest absolute Gasteiger partial charge is 0.0548 e. The first-order chi connectivity index (χ1) is 6.66. The largest absolute Gasteiger partial charge is 0.324 e. The van der Waals surface area contributed by atoms with Crippen LogP contribution in [0.15, 0.2) is 22.7 Å². The Labute approximate surface area is 97.8 Å². The van der Waals surface area contributed by atoms with Crippen LogP contribution in [0.5, 0.6) is 0 Å². The molecule has 1 nitrogen and oxygen atoms in total. The van der Waals surface area contributed by atoms with Crippen molar-refractivity contribution in [3.63, 3.8) is 0 Å². The predicted molar refractivity (Wildman–Crippen MR) is 63.4 cm³/mol. The van der Waals surface area contributed by atoms with Gasteiger partial charge in [0.25, 0.3) is 0 Å². The van der Waals surface area contributed by atoms with Crippen LogP contribution in [0.2, 0.25) is 5.02 Å². The lowest BCUT2D eigenvalue weighted by Crippen LogP contribution is -2.10. The van der Waals surface area contributed by atoms with E-state index in [9.17, 15) is 0 Å². The molecule has 1 aromatic carbocycles. The maximum absolute atomic E-state index is 6.09. The number of hydrogen-bond donors (Lipinski definition) is 1. The van der Waals surface area contributed by atoms with Gasteiger partial charge in [-0.2, -0.15) is 0 Å². The molecular formula is C11H13BrClN. The van der Waals surface area contributed by atoms with Crippen LogP contribution in [0, 0.1) is 5.92 Å². The fraction of sp³-hybridized carbons (Fsp3) is 0.455. The van der Waals surface area contributed by atoms with Crippen LogP contribution in [0.4, 0.5) is 0 Å². The van der Waals surface area contributed by atoms with Gasteiger partial charge in [0.1, 0.15) is 0 Å². The highest BCUT2D eigenvalue weighted by Crippen LogP contribution is 2.37. The lowest BCUT2D eigenvalue weighted by atomic mass is 10.0. The van der Waals surface area contributed by atoms with Gasteiger partial charge in [0.15, 0.2) is 0 Å². The molecule has 0 spiro atoms. The van der Waals surface area contributed by atoms with Crippen molar-refractivity contribution in [2.45, 2.75) is 25.3 Å². The minimum absolute atomic E-state index is 0.163. The van der Waals surface area contributed by atoms with Gasteiger partial charge in [0.2, 0.25) is 0 Å². The Bertz CT molecular complexity index is 336. The van der Waals surface area contributed by atoms with Crippen LogP contribution in [0.3, 0.4) is 0 Å². The number of halogens is 2. The Kier molecular flexibility index (Phi) is 3.15. The van der Waals surface area contributed by atoms with Crippen molar-refractivity contribution in [2.24, 2.45) is 11.7 Å². The molecule has 0 aromatic heterocycles. The van der Waals surface area contributed by atoms with Crippen molar-refractivity contribution >= 4 is 27.5 Å². The van der Waals surface area contributed by atoms with E-state index in [1.807, 2.05) is 18.2 Å². The molecule has 1 aromatic rings. The highest BCUT2D eigenvalue weighted by Gasteiger charge is 2.24. The second kappa shape index (κ2) is 4.21. The van der Waals surface area contributed by atoms with Gasteiger partial charge >= 0.3 is 0 Å². The summed E-state index contributed by atoms with van der Waals surface area (Å²) in [5, 5.41) is 0.743. The molecule has 0 radical (unpaired) electrons. The standard InChI is InChI=1S/C11H13BrClN/c12-9-6-8(3-4-10(9)13)11(14)5-7-1-2-7/h3-4,6-7,11H,1-2,5,14H2/t11-/m0/s1. The second-order valence-electron chi connectivity index (χ2n) is 3.96. The van der Waals surface area contributed by atoms with Crippen LogP contribution in [0.1, 0.15) is 30.9 Å². The number of nitrogens with two attached hydrogens (primary N) is 1. The average Bonchev–Trinajstić information content (AvgIpc) is 2.93. The van der Waals surface area contributed by atoms with Gasteiger partial charge in [0, 0.05) is 10.5 Å². The summed E-state index contributed by atoms with van der Waals surface area (Å²) in [6.07, 6.45) is 3.80. The first-order valence-electron chi connectivity index (χ1n) is 4.87. The fourth-order valence-corrected chi connectivity index (χ4v) is 2.11. The van der Waals surface area contributed by atoms with Crippen molar-refractivity contribution in [2.75, 3.05) is 0 Å². The van der Waals surface area contributed by atoms with Crippen molar-refractivity contribution in [1.29, 1.82) is 0 Å². The molecule has 1 aliphatic rings. The summed E-state index contributed by atoms with van der Waals surface area (Å²) in [5.41, 5.74) is 7.27. The number of hydrogen-bond acceptors (Lipinski definition) is 1. The number of benzene rings is 1. The van der Waals surface area contributed by atoms with E-state index in [2.05, 4.69) is 15.9 Å². The highest BCUT2D eigenvalue weighted by atomic mass is 79.9. The van der Waals surface area contributed by atoms with Crippen LogP contribution in [-0.4, -0.2) is 0 Å². The van der Waals surface area contributed by atoms with Crippen LogP contribution in [0.25, 0.3) is 0 Å². The van der Waals surface area contributed by atoms with Crippen molar-refractivity contribution < 1.29 is 0 Å². The van der Waals surface area contributed by atoms with Crippen molar-refractivity contribution in [1.82, 2.24) is 0 Å². The predicted octanol–water partition coefficient (Wildman–Crippen LogP) is 3.90. The Hall–Kier alpha value is -0.0500. The second-order valence-corrected chi connectivity index (χ2v) is 5.22. The van der Waals surface area contributed by atoms with E-state index >= 15 is 0 Å². The Morgan fingerprint density at radius 3 is 2.79 bits per heavy atom. The first kappa shape index (κ1) is 10.5. The Morgan fingerprint density at radius 2 is 2.21 bits per heavy atom. The SMILES string of the molecule is N[C@@H](CC1CC1)c1ccc(Cl)c(Br)c1. The van der Waals surface area contributed by atoms with E-state index in [0.29, 0.717) is 0 Å². The highest BCUT2D eigenvalue weighted by molar-refractivity contribution is 9.10. The summed E-state index contributed by atoms with van der Waals surface area (Å²) >= 11 is 9.32. The van der Waals surface area contributed by atoms with E-state index < -0.39 is 0 Å². The van der Waals surface area contributed by atoms with Gasteiger partial charge < -0.3 is 5.73 Å². The Morgan fingerprint density at radius 1 is 1.50 bits per heavy atom. The molecule has 0 saturated heterocycles. The minimum Gasteiger partial charge on any atom is -0.324 e. The fourth-order valence-electron chi connectivity index (χ4n) is 1.59. The molecule has 0 amide bonds. The Balaban J connectivity index is 2.10. The van der Waals surface area contributed by atoms with Crippen LogP contribution in [-0.2, 0) is 0 Å². The summed E-state index contributed by atoms with van der Waals surface area (Å²) in [6.45, 7) is 0. The van der Waals surface area contributed by atoms with Crippen molar-refractivity contribution in [3.05, 3.63) is 33.3 Å². The van der Waals surface area contributed by atoms with Crippen LogP contribution >= 0.6 is 27.5 Å². The summed E-state index contributed by atoms with van der Waals surface area (Å²) in [6, 6.07) is 6.10. The third-order valence-corrected chi connectivity index (χ3v) is 3.87. The molecule has 0 heterocycles. The van der Waals surface area contributed by atoms with Gasteiger partial charge in [-0.3, -0.25) is 0 Å². The third kappa shape index (κ3) is 2.50. The topological polar surface area (TPSA) is 26.0 Å². The molecule has 3 heteroatoms. The van der Waals surface area contributed by atoms with Crippen LogP contribution < -0.4 is 5.73 Å². The third-order valence-electron chi connectivity index (χ3n) is 2.66. The van der Waals surface area contributed by atoms with E-state index in [1.54, 1.807) is 0 Å². The quantitative estimate of drug-likeness (QED) is 0.889. The van der Waals surface area contributed by atoms with Gasteiger partial charge in [0.05, 0.1) is 5.02 Å². The molecule has 1 aliphatic carbocycles. The molecule has 1 saturated carbocycles. The maximum atomic E-state index is 6.09. The van der Waals surface area contributed by atoms with E-state index in [-0.39, 0.29) is 6.04 Å². The molecule has 76 valence electrons. The van der Waals surface area contributed by atoms with Gasteiger partial charge in [-0.05, 0) is 46.0 Å². The first-order valence-corrected chi connectivity index (χ1v) is 6.04. The molecule has 2 N–H and O–H groups in total. The summed E-state index contributed by atoms with van der Waals surface area (Å²) in [4.78, 5) is 0. The minimum atomic E-state index is 0.163. The average molecular weight is 275 g/mol. The molecule has 0 unspecified atom stereocenters. The molecule has 1 fully saturated rings. The summed E-state index contributed by atoms with van der Waals surface area (Å²) in [5.74, 6) is 0.861. The zero-order chi connectivity index (χ0) is 10.1. The van der Waals surface area contributed by atoms with Gasteiger partial charge in [-0.15, -0.1) is 0 Å². The van der Waals surface area contributed by atoms with Crippen molar-refractivity contribution in [3.8, 4) is 0 Å². The molecule has 14 heavy (non-hydrogen) atoms. The lowest BCUT2D eigenvalue weighted by Gasteiger charge is -2.11. The molecular weight excluding hydrogens is 261 g/mol. The monoisotopic (exact) mass is 273 g/mol. The molecule has 0 aliphatic heterocycles. The van der Waals surface area contributed by atoms with Gasteiger partial charge in [-0.25, -0.2) is 0 Å². The van der Waals surface area contributed by atoms with E-state index in [4.69, 9.17) is 17.3 Å². The van der Waals surface area contributed by atoms with E-state index in [0.717, 1.165) is 21.8 Å². The summed E-state index contributed by atoms with van der Waals surface area (Å²) in [7, 11) is 0. The van der Waals surface area contributed by atoms with Gasteiger partial charge in [-0.1, -0.05) is 30.5 Å². The molecule has 2 rings (SSSR count). The zero-order valence-electron chi connectivity index (χ0n) is 7.84. The lowest BCUT2D eigenvalue weighted by molar-refractivity contribution is 0.597. The normalized spacial score (nSPS) is 18.2.